The molecule has 1 amide bonds. The van der Waals surface area contributed by atoms with E-state index in [2.05, 4.69) is 15.5 Å². The lowest BCUT2D eigenvalue weighted by molar-refractivity contribution is -0.384. The summed E-state index contributed by atoms with van der Waals surface area (Å²) < 4.78 is 44.0. The number of aromatic nitrogens is 3. The maximum atomic E-state index is 12.8. The second-order valence-corrected chi connectivity index (χ2v) is 6.56. The van der Waals surface area contributed by atoms with E-state index in [9.17, 15) is 28.1 Å². The number of anilines is 1. The van der Waals surface area contributed by atoms with Crippen molar-refractivity contribution in [3.05, 3.63) is 34.1 Å². The Kier molecular flexibility index (Phi) is 5.93. The molecule has 1 heterocycles. The predicted molar refractivity (Wildman–Crippen MR) is 89.6 cm³/mol. The van der Waals surface area contributed by atoms with Gasteiger partial charge in [0.05, 0.1) is 23.0 Å². The molecule has 0 saturated carbocycles. The number of hydrogen-bond donors (Lipinski definition) is 1. The van der Waals surface area contributed by atoms with Crippen molar-refractivity contribution in [3.8, 4) is 5.75 Å². The predicted octanol–water partition coefficient (Wildman–Crippen LogP) is 2.87. The van der Waals surface area contributed by atoms with Gasteiger partial charge in [0.15, 0.2) is 5.16 Å². The van der Waals surface area contributed by atoms with Gasteiger partial charge in [-0.3, -0.25) is 14.9 Å². The van der Waals surface area contributed by atoms with Crippen LogP contribution >= 0.6 is 11.8 Å². The summed E-state index contributed by atoms with van der Waals surface area (Å²) in [7, 11) is 2.46. The third-order valence-electron chi connectivity index (χ3n) is 3.39. The number of nitro benzene ring substituents is 1. The van der Waals surface area contributed by atoms with E-state index in [1.807, 2.05) is 0 Å². The molecule has 0 aliphatic heterocycles. The summed E-state index contributed by atoms with van der Waals surface area (Å²) in [5.41, 5.74) is -0.187. The van der Waals surface area contributed by atoms with Crippen LogP contribution in [0.5, 0.6) is 5.75 Å². The van der Waals surface area contributed by atoms with Gasteiger partial charge in [-0.15, -0.1) is 10.2 Å². The molecule has 27 heavy (non-hydrogen) atoms. The summed E-state index contributed by atoms with van der Waals surface area (Å²) in [6.07, 6.45) is -4.66. The number of alkyl halides is 3. The minimum atomic E-state index is -4.66. The van der Waals surface area contributed by atoms with Crippen LogP contribution in [0.3, 0.4) is 0 Å². The van der Waals surface area contributed by atoms with Crippen molar-refractivity contribution in [2.24, 2.45) is 7.05 Å². The van der Waals surface area contributed by atoms with Gasteiger partial charge in [0.1, 0.15) is 5.75 Å². The van der Waals surface area contributed by atoms with E-state index < -0.39 is 28.1 Å². The van der Waals surface area contributed by atoms with Crippen LogP contribution in [0.4, 0.5) is 24.5 Å². The quantitative estimate of drug-likeness (QED) is 0.447. The van der Waals surface area contributed by atoms with Gasteiger partial charge in [0, 0.05) is 19.2 Å². The van der Waals surface area contributed by atoms with Crippen molar-refractivity contribution in [2.45, 2.75) is 23.5 Å². The summed E-state index contributed by atoms with van der Waals surface area (Å²) in [6, 6.07) is 3.66. The Bertz CT molecular complexity index is 871. The molecule has 1 aromatic carbocycles. The monoisotopic (exact) mass is 405 g/mol. The molecule has 1 aromatic heterocycles. The van der Waals surface area contributed by atoms with Crippen molar-refractivity contribution >= 4 is 29.0 Å². The molecule has 0 fully saturated rings. The first kappa shape index (κ1) is 20.5. The van der Waals surface area contributed by atoms with Crippen LogP contribution in [0.25, 0.3) is 0 Å². The molecule has 146 valence electrons. The van der Waals surface area contributed by atoms with Gasteiger partial charge in [-0.2, -0.15) is 13.2 Å². The third kappa shape index (κ3) is 4.67. The van der Waals surface area contributed by atoms with Crippen molar-refractivity contribution in [3.63, 3.8) is 0 Å². The number of amides is 1. The zero-order valence-electron chi connectivity index (χ0n) is 14.3. The number of ether oxygens (including phenoxy) is 1. The molecule has 0 unspecified atom stereocenters. The number of non-ortho nitro benzene ring substituents is 1. The number of nitro groups is 1. The van der Waals surface area contributed by atoms with Crippen LogP contribution in [0.1, 0.15) is 12.7 Å². The summed E-state index contributed by atoms with van der Waals surface area (Å²) in [5.74, 6) is -1.59. The summed E-state index contributed by atoms with van der Waals surface area (Å²) in [5, 5.41) is 18.9. The van der Waals surface area contributed by atoms with Gasteiger partial charge in [-0.1, -0.05) is 11.8 Å². The molecule has 1 N–H and O–H groups in total. The zero-order chi connectivity index (χ0) is 20.4. The molecule has 0 aliphatic rings. The van der Waals surface area contributed by atoms with Crippen LogP contribution in [0, 0.1) is 10.1 Å². The molecule has 0 saturated heterocycles. The highest BCUT2D eigenvalue weighted by Gasteiger charge is 2.38. The molecular weight excluding hydrogens is 391 g/mol. The molecule has 0 radical (unpaired) electrons. The number of benzene rings is 1. The minimum absolute atomic E-state index is 0.0677. The molecular formula is C14H14F3N5O4S. The molecule has 2 rings (SSSR count). The standard InChI is InChI=1S/C14H14F3N5O4S/c1-7(27-13-20-19-12(21(13)2)14(15,16)17)11(23)18-9-6-8(22(24)25)4-5-10(9)26-3/h4-7H,1-3H3,(H,18,23)/t7-/m1/s1. The molecule has 0 spiro atoms. The number of hydrogen-bond acceptors (Lipinski definition) is 7. The normalized spacial score (nSPS) is 12.5. The minimum Gasteiger partial charge on any atom is -0.495 e. The highest BCUT2D eigenvalue weighted by Crippen LogP contribution is 2.32. The Hall–Kier alpha value is -2.83. The highest BCUT2D eigenvalue weighted by molar-refractivity contribution is 8.00. The Balaban J connectivity index is 2.16. The average Bonchev–Trinajstić information content (AvgIpc) is 2.95. The van der Waals surface area contributed by atoms with Crippen molar-refractivity contribution < 1.29 is 27.6 Å². The maximum Gasteiger partial charge on any atom is 0.451 e. The van der Waals surface area contributed by atoms with Gasteiger partial charge in [-0.05, 0) is 13.0 Å². The van der Waals surface area contributed by atoms with E-state index in [1.54, 1.807) is 0 Å². The van der Waals surface area contributed by atoms with E-state index in [1.165, 1.54) is 26.2 Å². The van der Waals surface area contributed by atoms with Crippen molar-refractivity contribution in [1.29, 1.82) is 0 Å². The Morgan fingerprint density at radius 3 is 2.59 bits per heavy atom. The lowest BCUT2D eigenvalue weighted by atomic mass is 10.2. The van der Waals surface area contributed by atoms with E-state index in [0.717, 1.165) is 29.4 Å². The lowest BCUT2D eigenvalue weighted by Gasteiger charge is -2.14. The molecule has 0 bridgehead atoms. The second-order valence-electron chi connectivity index (χ2n) is 5.25. The second kappa shape index (κ2) is 7.82. The van der Waals surface area contributed by atoms with Crippen LogP contribution < -0.4 is 10.1 Å². The van der Waals surface area contributed by atoms with Gasteiger partial charge in [-0.25, -0.2) is 0 Å². The van der Waals surface area contributed by atoms with Gasteiger partial charge in [0.2, 0.25) is 11.7 Å². The van der Waals surface area contributed by atoms with Crippen LogP contribution in [-0.2, 0) is 18.0 Å². The van der Waals surface area contributed by atoms with E-state index >= 15 is 0 Å². The van der Waals surface area contributed by atoms with Crippen LogP contribution in [0.15, 0.2) is 23.4 Å². The first-order chi connectivity index (χ1) is 12.5. The van der Waals surface area contributed by atoms with Crippen molar-refractivity contribution in [2.75, 3.05) is 12.4 Å². The van der Waals surface area contributed by atoms with E-state index in [4.69, 9.17) is 4.74 Å². The fourth-order valence-corrected chi connectivity index (χ4v) is 2.83. The Labute approximate surface area is 155 Å². The molecule has 13 heteroatoms. The number of nitrogens with one attached hydrogen (secondary N) is 1. The number of rotatable bonds is 6. The largest absolute Gasteiger partial charge is 0.495 e. The first-order valence-corrected chi connectivity index (χ1v) is 8.19. The number of thioether (sulfide) groups is 1. The molecule has 1 atom stereocenters. The first-order valence-electron chi connectivity index (χ1n) is 7.31. The van der Waals surface area contributed by atoms with Crippen LogP contribution in [-0.4, -0.2) is 38.0 Å². The topological polar surface area (TPSA) is 112 Å². The number of halogens is 3. The third-order valence-corrected chi connectivity index (χ3v) is 4.53. The van der Waals surface area contributed by atoms with Gasteiger partial charge < -0.3 is 14.6 Å². The average molecular weight is 405 g/mol. The maximum absolute atomic E-state index is 12.8. The van der Waals surface area contributed by atoms with E-state index in [0.29, 0.717) is 0 Å². The number of carbonyl (C=O) groups is 1. The Morgan fingerprint density at radius 2 is 2.07 bits per heavy atom. The highest BCUT2D eigenvalue weighted by atomic mass is 32.2. The Morgan fingerprint density at radius 1 is 1.41 bits per heavy atom. The van der Waals surface area contributed by atoms with Crippen LogP contribution in [0.2, 0.25) is 0 Å². The molecule has 9 nitrogen and oxygen atoms in total. The summed E-state index contributed by atoms with van der Waals surface area (Å²) >= 11 is 0.761. The van der Waals surface area contributed by atoms with Gasteiger partial charge >= 0.3 is 6.18 Å². The number of carbonyl (C=O) groups excluding carboxylic acids is 1. The molecule has 2 aromatic rings. The number of methoxy groups -OCH3 is 1. The smallest absolute Gasteiger partial charge is 0.451 e. The number of nitrogens with zero attached hydrogens (tertiary/aromatic N) is 4. The molecule has 0 aliphatic carbocycles. The SMILES string of the molecule is COc1ccc([N+](=O)[O-])cc1NC(=O)[C@@H](C)Sc1nnc(C(F)(F)F)n1C. The van der Waals surface area contributed by atoms with E-state index in [-0.39, 0.29) is 22.3 Å². The summed E-state index contributed by atoms with van der Waals surface area (Å²) in [4.78, 5) is 22.6. The van der Waals surface area contributed by atoms with Gasteiger partial charge in [0.25, 0.3) is 5.69 Å². The fourth-order valence-electron chi connectivity index (χ4n) is 2.02. The summed E-state index contributed by atoms with van der Waals surface area (Å²) in [6.45, 7) is 1.45. The van der Waals surface area contributed by atoms with Crippen molar-refractivity contribution in [1.82, 2.24) is 14.8 Å². The lowest BCUT2D eigenvalue weighted by Crippen LogP contribution is -2.23. The zero-order valence-corrected chi connectivity index (χ0v) is 15.1. The fraction of sp³-hybridized carbons (Fsp3) is 0.357.